The Bertz CT molecular complexity index is 1170. The van der Waals surface area contributed by atoms with Crippen molar-refractivity contribution in [2.75, 3.05) is 0 Å². The van der Waals surface area contributed by atoms with E-state index in [-0.39, 0.29) is 11.6 Å². The molecule has 1 aliphatic heterocycles. The van der Waals surface area contributed by atoms with E-state index in [1.165, 1.54) is 0 Å². The van der Waals surface area contributed by atoms with Gasteiger partial charge in [0.05, 0.1) is 17.4 Å². The summed E-state index contributed by atoms with van der Waals surface area (Å²) in [4.78, 5) is 27.2. The van der Waals surface area contributed by atoms with Crippen LogP contribution >= 0.6 is 0 Å². The molecule has 7 nitrogen and oxygen atoms in total. The van der Waals surface area contributed by atoms with Gasteiger partial charge in [0.25, 0.3) is 5.56 Å². The molecule has 0 saturated heterocycles. The summed E-state index contributed by atoms with van der Waals surface area (Å²) in [7, 11) is 0. The molecule has 0 bridgehead atoms. The largest absolute Gasteiger partial charge is 0.493 e. The van der Waals surface area contributed by atoms with Crippen molar-refractivity contribution in [1.82, 2.24) is 15.0 Å². The monoisotopic (exact) mass is 376 g/mol. The third kappa shape index (κ3) is 3.11. The molecule has 3 N–H and O–H groups in total. The van der Waals surface area contributed by atoms with E-state index >= 15 is 0 Å². The van der Waals surface area contributed by atoms with Crippen LogP contribution in [0.3, 0.4) is 0 Å². The lowest BCUT2D eigenvalue weighted by atomic mass is 10.00. The van der Waals surface area contributed by atoms with Crippen molar-refractivity contribution in [1.29, 1.82) is 0 Å². The number of nitrogens with zero attached hydrogens (tertiary/aromatic N) is 2. The van der Waals surface area contributed by atoms with Gasteiger partial charge < -0.3 is 10.5 Å². The number of aryl methyl sites for hydroxylation is 2. The molecule has 0 unspecified atom stereocenters. The number of benzene rings is 2. The van der Waals surface area contributed by atoms with Gasteiger partial charge in [-0.25, -0.2) is 9.36 Å². The van der Waals surface area contributed by atoms with Gasteiger partial charge in [0.15, 0.2) is 0 Å². The second-order valence-electron chi connectivity index (χ2n) is 6.99. The number of H-pyrrole nitrogens is 1. The number of hydrazone groups is 1. The van der Waals surface area contributed by atoms with E-state index in [9.17, 15) is 14.7 Å². The zero-order valence-corrected chi connectivity index (χ0v) is 15.6. The normalized spacial score (nSPS) is 15.9. The highest BCUT2D eigenvalue weighted by molar-refractivity contribution is 6.03. The van der Waals surface area contributed by atoms with Gasteiger partial charge in [0, 0.05) is 6.42 Å². The van der Waals surface area contributed by atoms with Crippen LogP contribution in [0.25, 0.3) is 5.69 Å². The van der Waals surface area contributed by atoms with Gasteiger partial charge in [-0.3, -0.25) is 9.78 Å². The van der Waals surface area contributed by atoms with Crippen LogP contribution in [0.5, 0.6) is 5.88 Å². The summed E-state index contributed by atoms with van der Waals surface area (Å²) in [6.07, 6.45) is 0.422. The van der Waals surface area contributed by atoms with E-state index in [1.54, 1.807) is 12.1 Å². The molecule has 1 aromatic heterocycles. The summed E-state index contributed by atoms with van der Waals surface area (Å²) in [5.74, 6) is -0.409. The standard InChI is InChI=1S/C21H20N4O3/c1-12-8-13(2)10-15(9-12)25-20(27)18(19(26)22-21(25)28)17-11-16(23-24-17)14-6-4-3-5-7-14/h3-10,16,23,27H,11H2,1-2H3,(H,22,26,28)/t16-/m1/s1. The molecule has 0 fully saturated rings. The van der Waals surface area contributed by atoms with Gasteiger partial charge in [-0.05, 0) is 42.7 Å². The Morgan fingerprint density at radius 2 is 1.75 bits per heavy atom. The maximum absolute atomic E-state index is 12.5. The van der Waals surface area contributed by atoms with Crippen molar-refractivity contribution in [3.8, 4) is 11.6 Å². The van der Waals surface area contributed by atoms with Gasteiger partial charge >= 0.3 is 5.69 Å². The predicted octanol–water partition coefficient (Wildman–Crippen LogP) is 2.29. The first-order valence-corrected chi connectivity index (χ1v) is 8.98. The Morgan fingerprint density at radius 3 is 2.43 bits per heavy atom. The van der Waals surface area contributed by atoms with E-state index in [1.807, 2.05) is 50.2 Å². The summed E-state index contributed by atoms with van der Waals surface area (Å²) in [6, 6.07) is 15.1. The van der Waals surface area contributed by atoms with E-state index in [0.717, 1.165) is 21.3 Å². The number of nitrogens with one attached hydrogen (secondary N) is 2. The summed E-state index contributed by atoms with van der Waals surface area (Å²) in [5.41, 5.74) is 5.47. The zero-order valence-electron chi connectivity index (χ0n) is 15.6. The minimum Gasteiger partial charge on any atom is -0.493 e. The Hall–Kier alpha value is -3.61. The smallest absolute Gasteiger partial charge is 0.335 e. The molecule has 28 heavy (non-hydrogen) atoms. The highest BCUT2D eigenvalue weighted by Crippen LogP contribution is 2.27. The number of hydrogen-bond acceptors (Lipinski definition) is 5. The highest BCUT2D eigenvalue weighted by atomic mass is 16.3. The van der Waals surface area contributed by atoms with E-state index in [4.69, 9.17) is 0 Å². The second kappa shape index (κ2) is 6.84. The fraction of sp³-hybridized carbons (Fsp3) is 0.190. The lowest BCUT2D eigenvalue weighted by molar-refractivity contribution is 0.429. The first-order valence-electron chi connectivity index (χ1n) is 8.98. The molecule has 142 valence electrons. The Labute approximate surface area is 161 Å². The lowest BCUT2D eigenvalue weighted by Crippen LogP contribution is -2.33. The third-order valence-electron chi connectivity index (χ3n) is 4.79. The molecular formula is C21H20N4O3. The summed E-state index contributed by atoms with van der Waals surface area (Å²) in [6.45, 7) is 3.81. The molecule has 0 spiro atoms. The van der Waals surface area contributed by atoms with Crippen LogP contribution in [0.2, 0.25) is 0 Å². The van der Waals surface area contributed by atoms with Crippen molar-refractivity contribution in [3.05, 3.63) is 91.6 Å². The van der Waals surface area contributed by atoms with Crippen LogP contribution in [0.15, 0.2) is 63.2 Å². The Balaban J connectivity index is 1.79. The maximum atomic E-state index is 12.5. The Kier molecular flexibility index (Phi) is 4.35. The molecule has 0 aliphatic carbocycles. The molecule has 1 atom stereocenters. The molecule has 0 amide bonds. The van der Waals surface area contributed by atoms with Crippen molar-refractivity contribution in [2.24, 2.45) is 5.10 Å². The van der Waals surface area contributed by atoms with Crippen molar-refractivity contribution in [3.63, 3.8) is 0 Å². The van der Waals surface area contributed by atoms with Crippen molar-refractivity contribution >= 4 is 5.71 Å². The summed E-state index contributed by atoms with van der Waals surface area (Å²) < 4.78 is 1.11. The molecule has 0 radical (unpaired) electrons. The number of aromatic hydroxyl groups is 1. The van der Waals surface area contributed by atoms with Crippen molar-refractivity contribution in [2.45, 2.75) is 26.3 Å². The van der Waals surface area contributed by atoms with E-state index < -0.39 is 17.1 Å². The molecule has 0 saturated carbocycles. The van der Waals surface area contributed by atoms with Crippen LogP contribution in [0.4, 0.5) is 0 Å². The molecule has 3 aromatic rings. The van der Waals surface area contributed by atoms with Crippen LogP contribution in [0.1, 0.15) is 34.7 Å². The highest BCUT2D eigenvalue weighted by Gasteiger charge is 2.27. The minimum absolute atomic E-state index is 0.00434. The number of hydrogen-bond donors (Lipinski definition) is 3. The first kappa shape index (κ1) is 17.8. The van der Waals surface area contributed by atoms with Gasteiger partial charge in [0.2, 0.25) is 5.88 Å². The van der Waals surface area contributed by atoms with Gasteiger partial charge in [-0.2, -0.15) is 5.10 Å². The average Bonchev–Trinajstić information content (AvgIpc) is 3.11. The van der Waals surface area contributed by atoms with Gasteiger partial charge in [-0.1, -0.05) is 36.4 Å². The number of aromatic nitrogens is 2. The quantitative estimate of drug-likeness (QED) is 0.653. The van der Waals surface area contributed by atoms with Crippen LogP contribution in [-0.2, 0) is 0 Å². The van der Waals surface area contributed by atoms with E-state index in [0.29, 0.717) is 17.8 Å². The Morgan fingerprint density at radius 1 is 1.07 bits per heavy atom. The zero-order chi connectivity index (χ0) is 19.8. The molecule has 7 heteroatoms. The van der Waals surface area contributed by atoms with E-state index in [2.05, 4.69) is 15.5 Å². The van der Waals surface area contributed by atoms with Crippen LogP contribution in [-0.4, -0.2) is 20.4 Å². The second-order valence-corrected chi connectivity index (χ2v) is 6.99. The molecule has 2 aromatic carbocycles. The SMILES string of the molecule is Cc1cc(C)cc(-n2c(O)c(C3=NN[C@@H](c4ccccc4)C3)c(=O)[nH]c2=O)c1. The molecular weight excluding hydrogens is 356 g/mol. The molecule has 4 rings (SSSR count). The number of rotatable bonds is 3. The topological polar surface area (TPSA) is 99.5 Å². The maximum Gasteiger partial charge on any atom is 0.335 e. The van der Waals surface area contributed by atoms with Gasteiger partial charge in [0.1, 0.15) is 5.56 Å². The van der Waals surface area contributed by atoms with Crippen molar-refractivity contribution < 1.29 is 5.11 Å². The van der Waals surface area contributed by atoms with Crippen LogP contribution < -0.4 is 16.7 Å². The summed E-state index contributed by atoms with van der Waals surface area (Å²) >= 11 is 0. The lowest BCUT2D eigenvalue weighted by Gasteiger charge is -2.13. The minimum atomic E-state index is -0.692. The summed E-state index contributed by atoms with van der Waals surface area (Å²) in [5, 5.41) is 15.1. The average molecular weight is 376 g/mol. The van der Waals surface area contributed by atoms with Crippen LogP contribution in [0, 0.1) is 13.8 Å². The predicted molar refractivity (Wildman–Crippen MR) is 107 cm³/mol. The first-order chi connectivity index (χ1) is 13.4. The third-order valence-corrected chi connectivity index (χ3v) is 4.79. The fourth-order valence-corrected chi connectivity index (χ4v) is 3.58. The van der Waals surface area contributed by atoms with Gasteiger partial charge in [-0.15, -0.1) is 0 Å². The number of aromatic amines is 1. The fourth-order valence-electron chi connectivity index (χ4n) is 3.58. The molecule has 2 heterocycles. The molecule has 1 aliphatic rings.